The van der Waals surface area contributed by atoms with E-state index in [9.17, 15) is 40.2 Å². The number of fused-ring (bicyclic) bond motifs is 5. The van der Waals surface area contributed by atoms with Gasteiger partial charge in [-0.05, 0) is 115 Å². The highest BCUT2D eigenvalue weighted by atomic mass is 16.4. The average molecular weight is 588 g/mol. The van der Waals surface area contributed by atoms with E-state index in [1.165, 1.54) is 18.2 Å². The molecule has 0 radical (unpaired) electrons. The van der Waals surface area contributed by atoms with Crippen LogP contribution < -0.4 is 5.32 Å². The molecule has 234 valence electrons. The number of phenols is 2. The Bertz CT molecular complexity index is 1170. The number of amides is 1. The number of benzene rings is 1. The highest BCUT2D eigenvalue weighted by Gasteiger charge is 2.65. The topological polar surface area (TPSA) is 168 Å². The number of carboxylic acids is 1. The van der Waals surface area contributed by atoms with Crippen LogP contribution in [0.2, 0.25) is 0 Å². The molecule has 4 aliphatic rings. The van der Waals surface area contributed by atoms with Crippen molar-refractivity contribution < 1.29 is 40.2 Å². The van der Waals surface area contributed by atoms with Crippen LogP contribution >= 0.6 is 0 Å². The molecule has 1 aromatic carbocycles. The molecule has 0 spiro atoms. The van der Waals surface area contributed by atoms with Gasteiger partial charge in [0, 0.05) is 12.8 Å². The van der Waals surface area contributed by atoms with Crippen molar-refractivity contribution in [3.8, 4) is 11.5 Å². The highest BCUT2D eigenvalue weighted by molar-refractivity contribution is 5.83. The predicted octanol–water partition coefficient (Wildman–Crippen LogP) is 3.59. The van der Waals surface area contributed by atoms with Gasteiger partial charge in [-0.25, -0.2) is 4.79 Å². The summed E-state index contributed by atoms with van der Waals surface area (Å²) in [5.41, 5.74) is 0.414. The molecule has 4 aliphatic carbocycles. The molecule has 9 nitrogen and oxygen atoms in total. The Balaban J connectivity index is 1.21. The normalized spacial score (nSPS) is 40.7. The minimum absolute atomic E-state index is 0.000389. The molecule has 0 unspecified atom stereocenters. The van der Waals surface area contributed by atoms with Gasteiger partial charge in [-0.3, -0.25) is 4.79 Å². The number of aliphatic carboxylic acids is 1. The fourth-order valence-electron chi connectivity index (χ4n) is 10.2. The van der Waals surface area contributed by atoms with Crippen molar-refractivity contribution >= 4 is 11.9 Å². The predicted molar refractivity (Wildman–Crippen MR) is 155 cm³/mol. The molecule has 0 heterocycles. The number of carboxylic acid groups (broad SMARTS) is 1. The zero-order chi connectivity index (χ0) is 30.6. The molecule has 7 N–H and O–H groups in total. The molecule has 4 fully saturated rings. The number of carbonyl (C=O) groups excluding carboxylic acids is 1. The third-order valence-electron chi connectivity index (χ3n) is 12.4. The fraction of sp³-hybridized carbons (Fsp3) is 0.758. The van der Waals surface area contributed by atoms with Crippen LogP contribution in [0.4, 0.5) is 0 Å². The molecule has 1 aromatic rings. The van der Waals surface area contributed by atoms with Crippen LogP contribution in [0, 0.1) is 46.3 Å². The summed E-state index contributed by atoms with van der Waals surface area (Å²) in [7, 11) is 0. The summed E-state index contributed by atoms with van der Waals surface area (Å²) < 4.78 is 0. The molecule has 12 atom stereocenters. The standard InChI is InChI=1S/C33H49NO8/c1-17(4-9-27(38)34-24(31(41)42)14-18-5-8-25(36)26(37)15-18)20-6-7-21-28-22(11-13-32(20,21)2)33(3)12-10-19(35)16-23(33)29(39)30(28)40/h5,8,15,17,19-24,28-30,35-37,39-40H,4,6-7,9-14,16H2,1-3H3,(H,34,38)(H,41,42)/t17-,19-,20-,21+,22+,23+,24+,28+,29+,30+,32-,33-/m1/s1. The minimum atomic E-state index is -1.16. The van der Waals surface area contributed by atoms with E-state index in [0.717, 1.165) is 38.5 Å². The van der Waals surface area contributed by atoms with Crippen LogP contribution in [-0.2, 0) is 16.0 Å². The Kier molecular flexibility index (Phi) is 8.60. The summed E-state index contributed by atoms with van der Waals surface area (Å²) in [5.74, 6) is -0.935. The summed E-state index contributed by atoms with van der Waals surface area (Å²) in [6, 6.07) is 2.96. The maximum absolute atomic E-state index is 12.9. The van der Waals surface area contributed by atoms with E-state index in [-0.39, 0.29) is 58.8 Å². The molecule has 0 bridgehead atoms. The van der Waals surface area contributed by atoms with Crippen LogP contribution in [0.25, 0.3) is 0 Å². The second-order valence-corrected chi connectivity index (χ2v) is 14.5. The molecule has 5 rings (SSSR count). The van der Waals surface area contributed by atoms with Gasteiger partial charge in [0.25, 0.3) is 0 Å². The molecular weight excluding hydrogens is 538 g/mol. The van der Waals surface area contributed by atoms with Crippen molar-refractivity contribution in [2.75, 3.05) is 0 Å². The van der Waals surface area contributed by atoms with Gasteiger partial charge < -0.3 is 36.0 Å². The molecule has 0 aromatic heterocycles. The van der Waals surface area contributed by atoms with Gasteiger partial charge in [-0.15, -0.1) is 0 Å². The monoisotopic (exact) mass is 587 g/mol. The van der Waals surface area contributed by atoms with Gasteiger partial charge in [0.05, 0.1) is 18.3 Å². The molecule has 0 saturated heterocycles. The fourth-order valence-corrected chi connectivity index (χ4v) is 10.2. The molecular formula is C33H49NO8. The Morgan fingerprint density at radius 3 is 2.31 bits per heavy atom. The SMILES string of the molecule is C[C@H](CCC(=O)N[C@@H](Cc1ccc(O)c(O)c1)C(=O)O)[C@H]1CC[C@H]2[C@@H]3[C@H](O)[C@@H](O)[C@@H]4C[C@H](O)CC[C@]4(C)[C@H]3CC[C@]12C. The minimum Gasteiger partial charge on any atom is -0.504 e. The average Bonchev–Trinajstić information content (AvgIpc) is 3.30. The van der Waals surface area contributed by atoms with Crippen LogP contribution in [0.15, 0.2) is 18.2 Å². The summed E-state index contributed by atoms with van der Waals surface area (Å²) in [6.07, 6.45) is 5.06. The van der Waals surface area contributed by atoms with Crippen LogP contribution in [0.1, 0.15) is 84.1 Å². The highest BCUT2D eigenvalue weighted by Crippen LogP contribution is 2.68. The largest absolute Gasteiger partial charge is 0.504 e. The third-order valence-corrected chi connectivity index (χ3v) is 12.4. The van der Waals surface area contributed by atoms with Crippen LogP contribution in [0.5, 0.6) is 11.5 Å². The number of rotatable bonds is 8. The first-order valence-electron chi connectivity index (χ1n) is 15.8. The van der Waals surface area contributed by atoms with E-state index in [0.29, 0.717) is 36.2 Å². The lowest BCUT2D eigenvalue weighted by atomic mass is 9.43. The Labute approximate surface area is 248 Å². The number of aromatic hydroxyl groups is 2. The molecule has 4 saturated carbocycles. The smallest absolute Gasteiger partial charge is 0.326 e. The number of hydrogen-bond acceptors (Lipinski definition) is 7. The maximum atomic E-state index is 12.9. The lowest BCUT2D eigenvalue weighted by Crippen LogP contribution is -2.64. The second-order valence-electron chi connectivity index (χ2n) is 14.5. The van der Waals surface area contributed by atoms with Gasteiger partial charge in [-0.2, -0.15) is 0 Å². The zero-order valence-corrected chi connectivity index (χ0v) is 25.1. The summed E-state index contributed by atoms with van der Waals surface area (Å²) in [5, 5.41) is 64.6. The zero-order valence-electron chi connectivity index (χ0n) is 25.1. The first-order valence-corrected chi connectivity index (χ1v) is 15.8. The van der Waals surface area contributed by atoms with E-state index in [1.54, 1.807) is 0 Å². The first-order chi connectivity index (χ1) is 19.8. The van der Waals surface area contributed by atoms with Gasteiger partial charge in [0.2, 0.25) is 5.91 Å². The van der Waals surface area contributed by atoms with Crippen molar-refractivity contribution in [2.24, 2.45) is 46.3 Å². The van der Waals surface area contributed by atoms with Gasteiger partial charge in [-0.1, -0.05) is 26.8 Å². The number of nitrogens with one attached hydrogen (secondary N) is 1. The van der Waals surface area contributed by atoms with Gasteiger partial charge in [0.15, 0.2) is 11.5 Å². The van der Waals surface area contributed by atoms with Crippen LogP contribution in [-0.4, -0.2) is 66.9 Å². The van der Waals surface area contributed by atoms with Crippen molar-refractivity contribution in [2.45, 2.75) is 109 Å². The van der Waals surface area contributed by atoms with E-state index in [2.05, 4.69) is 26.1 Å². The number of phenolic OH excluding ortho intramolecular Hbond substituents is 2. The summed E-state index contributed by atoms with van der Waals surface area (Å²) >= 11 is 0. The number of carbonyl (C=O) groups is 2. The van der Waals surface area contributed by atoms with E-state index >= 15 is 0 Å². The van der Waals surface area contributed by atoms with E-state index in [1.807, 2.05) is 0 Å². The lowest BCUT2D eigenvalue weighted by molar-refractivity contribution is -0.223. The molecule has 42 heavy (non-hydrogen) atoms. The Hall–Kier alpha value is -2.36. The first kappa shape index (κ1) is 31.1. The second kappa shape index (κ2) is 11.6. The van der Waals surface area contributed by atoms with Crippen LogP contribution in [0.3, 0.4) is 0 Å². The Morgan fingerprint density at radius 2 is 1.62 bits per heavy atom. The number of aliphatic hydroxyl groups is 3. The van der Waals surface area contributed by atoms with Crippen molar-refractivity contribution in [3.63, 3.8) is 0 Å². The number of aliphatic hydroxyl groups excluding tert-OH is 3. The van der Waals surface area contributed by atoms with E-state index < -0.39 is 30.3 Å². The molecule has 9 heteroatoms. The van der Waals surface area contributed by atoms with Crippen molar-refractivity contribution in [1.29, 1.82) is 0 Å². The third kappa shape index (κ3) is 5.41. The summed E-state index contributed by atoms with van der Waals surface area (Å²) in [6.45, 7) is 6.80. The quantitative estimate of drug-likeness (QED) is 0.227. The van der Waals surface area contributed by atoms with Gasteiger partial charge >= 0.3 is 5.97 Å². The Morgan fingerprint density at radius 1 is 0.929 bits per heavy atom. The number of hydrogen-bond donors (Lipinski definition) is 7. The van der Waals surface area contributed by atoms with Crippen molar-refractivity contribution in [1.82, 2.24) is 5.32 Å². The lowest BCUT2D eigenvalue weighted by Gasteiger charge is -2.63. The van der Waals surface area contributed by atoms with Crippen molar-refractivity contribution in [3.05, 3.63) is 23.8 Å². The maximum Gasteiger partial charge on any atom is 0.326 e. The summed E-state index contributed by atoms with van der Waals surface area (Å²) in [4.78, 5) is 24.7. The van der Waals surface area contributed by atoms with Gasteiger partial charge in [0.1, 0.15) is 6.04 Å². The van der Waals surface area contributed by atoms with E-state index in [4.69, 9.17) is 0 Å². The molecule has 1 amide bonds. The molecule has 0 aliphatic heterocycles.